The summed E-state index contributed by atoms with van der Waals surface area (Å²) >= 11 is 0. The third-order valence-electron chi connectivity index (χ3n) is 7.00. The summed E-state index contributed by atoms with van der Waals surface area (Å²) in [6.45, 7) is 12.4. The number of aryl methyl sites for hydroxylation is 1. The van der Waals surface area contributed by atoms with Gasteiger partial charge in [0.25, 0.3) is 0 Å². The summed E-state index contributed by atoms with van der Waals surface area (Å²) in [5.41, 5.74) is 0.754. The quantitative estimate of drug-likeness (QED) is 0.739. The number of anilines is 1. The van der Waals surface area contributed by atoms with Crippen molar-refractivity contribution in [1.82, 2.24) is 4.57 Å². The molecule has 0 amide bonds. The zero-order valence-corrected chi connectivity index (χ0v) is 13.3. The molecule has 1 aromatic rings. The first-order valence-corrected chi connectivity index (χ1v) is 7.73. The molecule has 2 saturated heterocycles. The molecule has 106 valence electrons. The van der Waals surface area contributed by atoms with Crippen molar-refractivity contribution in [2.24, 2.45) is 24.3 Å². The van der Waals surface area contributed by atoms with E-state index in [4.69, 9.17) is 0 Å². The highest BCUT2D eigenvalue weighted by Gasteiger charge is 2.60. The Morgan fingerprint density at radius 2 is 1.79 bits per heavy atom. The maximum absolute atomic E-state index is 2.72. The van der Waals surface area contributed by atoms with Crippen LogP contribution in [-0.2, 0) is 7.05 Å². The van der Waals surface area contributed by atoms with Gasteiger partial charge in [0.15, 0.2) is 0 Å². The Labute approximate surface area is 117 Å². The second-order valence-corrected chi connectivity index (χ2v) is 7.46. The van der Waals surface area contributed by atoms with Gasteiger partial charge in [-0.3, -0.25) is 0 Å². The van der Waals surface area contributed by atoms with Crippen LogP contribution < -0.4 is 4.90 Å². The van der Waals surface area contributed by atoms with Crippen molar-refractivity contribution in [1.29, 1.82) is 0 Å². The van der Waals surface area contributed by atoms with Crippen LogP contribution in [-0.4, -0.2) is 16.1 Å². The van der Waals surface area contributed by atoms with E-state index in [1.165, 1.54) is 18.7 Å². The van der Waals surface area contributed by atoms with Crippen molar-refractivity contribution in [3.8, 4) is 0 Å². The minimum Gasteiger partial charge on any atom is -0.349 e. The van der Waals surface area contributed by atoms with Crippen LogP contribution in [0.15, 0.2) is 18.3 Å². The normalized spacial score (nSPS) is 45.8. The number of hydrogen-bond donors (Lipinski definition) is 0. The van der Waals surface area contributed by atoms with E-state index in [1.807, 2.05) is 0 Å². The second kappa shape index (κ2) is 3.80. The molecule has 2 heteroatoms. The SMILES string of the molecule is CC1C(C)C2(C)CCC1(C)[C@H](C)N2c1cccn1C. The predicted octanol–water partition coefficient (Wildman–Crippen LogP) is 4.06. The molecular formula is C17H28N2. The predicted molar refractivity (Wildman–Crippen MR) is 81.4 cm³/mol. The van der Waals surface area contributed by atoms with Gasteiger partial charge in [-0.25, -0.2) is 0 Å². The van der Waals surface area contributed by atoms with Crippen LogP contribution in [0, 0.1) is 17.3 Å². The first-order chi connectivity index (χ1) is 8.82. The lowest BCUT2D eigenvalue weighted by Crippen LogP contribution is -2.72. The van der Waals surface area contributed by atoms with E-state index >= 15 is 0 Å². The molecule has 0 radical (unpaired) electrons. The van der Waals surface area contributed by atoms with E-state index in [-0.39, 0.29) is 0 Å². The van der Waals surface area contributed by atoms with Crippen LogP contribution >= 0.6 is 0 Å². The van der Waals surface area contributed by atoms with E-state index in [1.54, 1.807) is 0 Å². The fourth-order valence-corrected chi connectivity index (χ4v) is 4.92. The van der Waals surface area contributed by atoms with Crippen LogP contribution in [0.5, 0.6) is 0 Å². The summed E-state index contributed by atoms with van der Waals surface area (Å²) in [5.74, 6) is 2.94. The lowest BCUT2D eigenvalue weighted by Gasteiger charge is -2.68. The average molecular weight is 260 g/mol. The average Bonchev–Trinajstić information content (AvgIpc) is 2.77. The molecule has 1 saturated carbocycles. The summed E-state index contributed by atoms with van der Waals surface area (Å²) in [7, 11) is 2.17. The number of hydrogen-bond acceptors (Lipinski definition) is 1. The van der Waals surface area contributed by atoms with E-state index in [2.05, 4.69) is 69.5 Å². The van der Waals surface area contributed by atoms with Crippen molar-refractivity contribution in [3.05, 3.63) is 18.3 Å². The molecular weight excluding hydrogens is 232 g/mol. The summed E-state index contributed by atoms with van der Waals surface area (Å²) < 4.78 is 2.28. The molecule has 1 aromatic heterocycles. The Morgan fingerprint density at radius 3 is 2.37 bits per heavy atom. The summed E-state index contributed by atoms with van der Waals surface area (Å²) in [4.78, 5) is 2.72. The molecule has 2 bridgehead atoms. The molecule has 3 heterocycles. The van der Waals surface area contributed by atoms with Gasteiger partial charge in [0.1, 0.15) is 5.82 Å². The molecule has 0 N–H and O–H groups in total. The molecule has 2 nitrogen and oxygen atoms in total. The third-order valence-corrected chi connectivity index (χ3v) is 7.00. The molecule has 4 rings (SSSR count). The van der Waals surface area contributed by atoms with Gasteiger partial charge in [-0.2, -0.15) is 0 Å². The lowest BCUT2D eigenvalue weighted by atomic mass is 9.50. The number of aromatic nitrogens is 1. The number of piperidine rings is 2. The Balaban J connectivity index is 2.13. The Morgan fingerprint density at radius 1 is 1.11 bits per heavy atom. The van der Waals surface area contributed by atoms with Gasteiger partial charge in [-0.15, -0.1) is 0 Å². The zero-order valence-electron chi connectivity index (χ0n) is 13.3. The van der Waals surface area contributed by atoms with Gasteiger partial charge in [0.05, 0.1) is 0 Å². The molecule has 3 aliphatic rings. The minimum atomic E-state index is 0.308. The summed E-state index contributed by atoms with van der Waals surface area (Å²) in [6.07, 6.45) is 4.87. The fourth-order valence-electron chi connectivity index (χ4n) is 4.92. The highest BCUT2D eigenvalue weighted by molar-refractivity contribution is 5.49. The van der Waals surface area contributed by atoms with Gasteiger partial charge < -0.3 is 9.47 Å². The van der Waals surface area contributed by atoms with Crippen molar-refractivity contribution in [2.45, 2.75) is 59.0 Å². The molecule has 1 aliphatic carbocycles. The third kappa shape index (κ3) is 1.43. The standard InChI is InChI=1S/C17H28N2/c1-12-13(2)17(5)10-9-16(12,4)14(3)19(17)15-8-7-11-18(15)6/h7-8,11-14H,9-10H2,1-6H3/t12?,13?,14-,16?,17?/m0/s1. The van der Waals surface area contributed by atoms with E-state index in [9.17, 15) is 0 Å². The van der Waals surface area contributed by atoms with Gasteiger partial charge >= 0.3 is 0 Å². The van der Waals surface area contributed by atoms with Gasteiger partial charge in [0.2, 0.25) is 0 Å². The second-order valence-electron chi connectivity index (χ2n) is 7.46. The summed E-state index contributed by atoms with van der Waals surface area (Å²) in [5, 5.41) is 0. The van der Waals surface area contributed by atoms with Crippen LogP contribution in [0.1, 0.15) is 47.5 Å². The van der Waals surface area contributed by atoms with Crippen molar-refractivity contribution in [2.75, 3.05) is 4.90 Å². The van der Waals surface area contributed by atoms with E-state index < -0.39 is 0 Å². The maximum atomic E-state index is 2.72. The fraction of sp³-hybridized carbons (Fsp3) is 0.765. The van der Waals surface area contributed by atoms with E-state index in [0.717, 1.165) is 11.8 Å². The van der Waals surface area contributed by atoms with Crippen LogP contribution in [0.4, 0.5) is 5.82 Å². The largest absolute Gasteiger partial charge is 0.349 e. The molecule has 19 heavy (non-hydrogen) atoms. The van der Waals surface area contributed by atoms with Crippen LogP contribution in [0.3, 0.4) is 0 Å². The Bertz CT molecular complexity index is 491. The van der Waals surface area contributed by atoms with Crippen LogP contribution in [0.2, 0.25) is 0 Å². The zero-order chi connectivity index (χ0) is 14.0. The smallest absolute Gasteiger partial charge is 0.108 e. The maximum Gasteiger partial charge on any atom is 0.108 e. The summed E-state index contributed by atoms with van der Waals surface area (Å²) in [6, 6.07) is 5.07. The highest BCUT2D eigenvalue weighted by atomic mass is 15.3. The monoisotopic (exact) mass is 260 g/mol. The first-order valence-electron chi connectivity index (χ1n) is 7.73. The number of nitrogens with zero attached hydrogens (tertiary/aromatic N) is 2. The lowest BCUT2D eigenvalue weighted by molar-refractivity contribution is -0.0532. The topological polar surface area (TPSA) is 8.17 Å². The van der Waals surface area contributed by atoms with Crippen molar-refractivity contribution < 1.29 is 0 Å². The highest BCUT2D eigenvalue weighted by Crippen LogP contribution is 2.60. The molecule has 0 spiro atoms. The minimum absolute atomic E-state index is 0.308. The first kappa shape index (κ1) is 13.1. The van der Waals surface area contributed by atoms with Crippen LogP contribution in [0.25, 0.3) is 0 Å². The molecule has 0 aromatic carbocycles. The van der Waals surface area contributed by atoms with Crippen molar-refractivity contribution >= 4 is 5.82 Å². The van der Waals surface area contributed by atoms with Gasteiger partial charge in [-0.1, -0.05) is 20.8 Å². The Kier molecular flexibility index (Phi) is 2.62. The Hall–Kier alpha value is -0.920. The molecule has 4 unspecified atom stereocenters. The molecule has 2 aliphatic heterocycles. The number of rotatable bonds is 1. The van der Waals surface area contributed by atoms with Crippen molar-refractivity contribution in [3.63, 3.8) is 0 Å². The van der Waals surface area contributed by atoms with Gasteiger partial charge in [-0.05, 0) is 56.1 Å². The van der Waals surface area contributed by atoms with Gasteiger partial charge in [0, 0.05) is 24.8 Å². The van der Waals surface area contributed by atoms with E-state index in [0.29, 0.717) is 17.0 Å². The molecule has 5 atom stereocenters. The number of fused-ring (bicyclic) bond motifs is 3. The molecule has 3 fully saturated rings.